The Balaban J connectivity index is 2.16. The normalized spacial score (nSPS) is 11.6. The van der Waals surface area contributed by atoms with Gasteiger partial charge in [-0.25, -0.2) is 17.5 Å². The summed E-state index contributed by atoms with van der Waals surface area (Å²) in [5, 5.41) is 0.645. The Kier molecular flexibility index (Phi) is 5.12. The van der Waals surface area contributed by atoms with E-state index >= 15 is 0 Å². The molecule has 2 rings (SSSR count). The van der Waals surface area contributed by atoms with E-state index in [0.29, 0.717) is 5.69 Å². The van der Waals surface area contributed by atoms with Gasteiger partial charge in [0.05, 0.1) is 21.7 Å². The van der Waals surface area contributed by atoms with Gasteiger partial charge in [0.15, 0.2) is 0 Å². The first-order valence-electron chi connectivity index (χ1n) is 6.41. The number of hydrogen-bond acceptors (Lipinski definition) is 4. The molecule has 0 aliphatic carbocycles. The van der Waals surface area contributed by atoms with Crippen LogP contribution < -0.4 is 4.72 Å². The maximum atomic E-state index is 12.9. The molecule has 23 heavy (non-hydrogen) atoms. The maximum Gasteiger partial charge on any atom is 0.266 e. The highest BCUT2D eigenvalue weighted by Crippen LogP contribution is 2.17. The number of aryl methyl sites for hydroxylation is 1. The smallest absolute Gasteiger partial charge is 0.266 e. The van der Waals surface area contributed by atoms with Crippen LogP contribution in [-0.4, -0.2) is 19.3 Å². The SMILES string of the molecule is Cc1cccc(C=CS(=O)(=O)NC(=O)c2ccc(F)cc2Cl)n1. The molecule has 0 spiro atoms. The summed E-state index contributed by atoms with van der Waals surface area (Å²) in [4.78, 5) is 16.0. The molecule has 1 aromatic heterocycles. The number of sulfonamides is 1. The molecule has 120 valence electrons. The Labute approximate surface area is 137 Å². The molecule has 8 heteroatoms. The number of benzene rings is 1. The fourth-order valence-corrected chi connectivity index (χ4v) is 2.72. The third-order valence-corrected chi connectivity index (χ3v) is 4.02. The van der Waals surface area contributed by atoms with Crippen molar-refractivity contribution in [3.8, 4) is 0 Å². The van der Waals surface area contributed by atoms with E-state index in [0.717, 1.165) is 29.3 Å². The van der Waals surface area contributed by atoms with Gasteiger partial charge in [-0.2, -0.15) is 0 Å². The average Bonchev–Trinajstić information content (AvgIpc) is 2.44. The number of carbonyl (C=O) groups excluding carboxylic acids is 1. The minimum Gasteiger partial charge on any atom is -0.268 e. The maximum absolute atomic E-state index is 12.9. The van der Waals surface area contributed by atoms with Gasteiger partial charge in [0.1, 0.15) is 5.82 Å². The lowest BCUT2D eigenvalue weighted by Crippen LogP contribution is -2.29. The number of amides is 1. The van der Waals surface area contributed by atoms with Gasteiger partial charge in [-0.15, -0.1) is 0 Å². The number of aromatic nitrogens is 1. The Morgan fingerprint density at radius 2 is 2.04 bits per heavy atom. The van der Waals surface area contributed by atoms with Crippen LogP contribution in [0.15, 0.2) is 41.8 Å². The molecule has 1 aromatic carbocycles. The highest BCUT2D eigenvalue weighted by molar-refractivity contribution is 7.93. The van der Waals surface area contributed by atoms with Gasteiger partial charge >= 0.3 is 0 Å². The second-order valence-electron chi connectivity index (χ2n) is 4.61. The van der Waals surface area contributed by atoms with Crippen LogP contribution in [0, 0.1) is 12.7 Å². The second kappa shape index (κ2) is 6.89. The predicted molar refractivity (Wildman–Crippen MR) is 85.8 cm³/mol. The van der Waals surface area contributed by atoms with Gasteiger partial charge in [-0.05, 0) is 43.3 Å². The Morgan fingerprint density at radius 3 is 2.70 bits per heavy atom. The summed E-state index contributed by atoms with van der Waals surface area (Å²) in [5.74, 6) is -1.57. The number of carbonyl (C=O) groups is 1. The van der Waals surface area contributed by atoms with Crippen LogP contribution in [-0.2, 0) is 10.0 Å². The lowest BCUT2D eigenvalue weighted by atomic mass is 10.2. The first-order chi connectivity index (χ1) is 10.8. The third kappa shape index (κ3) is 4.87. The molecule has 1 N–H and O–H groups in total. The quantitative estimate of drug-likeness (QED) is 0.915. The van der Waals surface area contributed by atoms with Gasteiger partial charge in [0.25, 0.3) is 15.9 Å². The molecule has 0 fully saturated rings. The largest absolute Gasteiger partial charge is 0.268 e. The summed E-state index contributed by atoms with van der Waals surface area (Å²) >= 11 is 5.72. The molecule has 1 heterocycles. The van der Waals surface area contributed by atoms with Gasteiger partial charge in [-0.1, -0.05) is 17.7 Å². The Morgan fingerprint density at radius 1 is 1.30 bits per heavy atom. The summed E-state index contributed by atoms with van der Waals surface area (Å²) in [6.45, 7) is 1.77. The van der Waals surface area contributed by atoms with E-state index in [1.54, 1.807) is 25.1 Å². The van der Waals surface area contributed by atoms with Gasteiger partial charge in [0.2, 0.25) is 0 Å². The number of rotatable bonds is 4. The van der Waals surface area contributed by atoms with Crippen molar-refractivity contribution >= 4 is 33.6 Å². The Bertz CT molecular complexity index is 882. The van der Waals surface area contributed by atoms with Crippen molar-refractivity contribution in [2.75, 3.05) is 0 Å². The van der Waals surface area contributed by atoms with Crippen molar-refractivity contribution in [3.63, 3.8) is 0 Å². The molecule has 1 amide bonds. The van der Waals surface area contributed by atoms with Crippen LogP contribution in [0.25, 0.3) is 6.08 Å². The van der Waals surface area contributed by atoms with Crippen LogP contribution >= 0.6 is 11.6 Å². The zero-order valence-electron chi connectivity index (χ0n) is 12.0. The van der Waals surface area contributed by atoms with E-state index < -0.39 is 21.7 Å². The van der Waals surface area contributed by atoms with Crippen molar-refractivity contribution in [2.24, 2.45) is 0 Å². The van der Waals surface area contributed by atoms with E-state index in [1.807, 2.05) is 4.72 Å². The highest BCUT2D eigenvalue weighted by Gasteiger charge is 2.16. The fraction of sp³-hybridized carbons (Fsp3) is 0.0667. The number of nitrogens with one attached hydrogen (secondary N) is 1. The van der Waals surface area contributed by atoms with Gasteiger partial charge in [-0.3, -0.25) is 9.78 Å². The summed E-state index contributed by atoms with van der Waals surface area (Å²) in [6.07, 6.45) is 1.26. The van der Waals surface area contributed by atoms with E-state index in [1.165, 1.54) is 6.08 Å². The second-order valence-corrected chi connectivity index (χ2v) is 6.58. The molecule has 0 bridgehead atoms. The lowest BCUT2D eigenvalue weighted by Gasteiger charge is -2.05. The average molecular weight is 355 g/mol. The van der Waals surface area contributed by atoms with Crippen LogP contribution in [0.1, 0.15) is 21.7 Å². The molecule has 0 atom stereocenters. The van der Waals surface area contributed by atoms with Crippen molar-refractivity contribution in [1.29, 1.82) is 0 Å². The zero-order valence-corrected chi connectivity index (χ0v) is 13.5. The van der Waals surface area contributed by atoms with Crippen LogP contribution in [0.3, 0.4) is 0 Å². The molecule has 0 aliphatic rings. The Hall–Kier alpha value is -2.25. The number of pyridine rings is 1. The zero-order chi connectivity index (χ0) is 17.0. The molecule has 0 aliphatic heterocycles. The van der Waals surface area contributed by atoms with E-state index in [9.17, 15) is 17.6 Å². The summed E-state index contributed by atoms with van der Waals surface area (Å²) < 4.78 is 38.5. The summed E-state index contributed by atoms with van der Waals surface area (Å²) in [5.41, 5.74) is 1.02. The molecule has 0 radical (unpaired) electrons. The topological polar surface area (TPSA) is 76.1 Å². The van der Waals surface area contributed by atoms with Crippen LogP contribution in [0.4, 0.5) is 4.39 Å². The standard InChI is InChI=1S/C15H12ClFN2O3S/c1-10-3-2-4-12(18-10)7-8-23(21,22)19-15(20)13-6-5-11(17)9-14(13)16/h2-9H,1H3,(H,19,20). The highest BCUT2D eigenvalue weighted by atomic mass is 35.5. The molecule has 5 nitrogen and oxygen atoms in total. The first kappa shape index (κ1) is 17.1. The van der Waals surface area contributed by atoms with Crippen molar-refractivity contribution < 1.29 is 17.6 Å². The summed E-state index contributed by atoms with van der Waals surface area (Å²) in [7, 11) is -4.04. The van der Waals surface area contributed by atoms with Gasteiger partial charge in [0, 0.05) is 5.69 Å². The van der Waals surface area contributed by atoms with E-state index in [4.69, 9.17) is 11.6 Å². The van der Waals surface area contributed by atoms with Gasteiger partial charge < -0.3 is 0 Å². The lowest BCUT2D eigenvalue weighted by molar-refractivity contribution is 0.0982. The van der Waals surface area contributed by atoms with E-state index in [-0.39, 0.29) is 10.6 Å². The van der Waals surface area contributed by atoms with Crippen molar-refractivity contribution in [3.05, 3.63) is 69.6 Å². The molecular weight excluding hydrogens is 343 g/mol. The molecule has 0 unspecified atom stereocenters. The van der Waals surface area contributed by atoms with Crippen molar-refractivity contribution in [2.45, 2.75) is 6.92 Å². The summed E-state index contributed by atoms with van der Waals surface area (Å²) in [6, 6.07) is 8.16. The minimum absolute atomic E-state index is 0.140. The monoisotopic (exact) mass is 354 g/mol. The fourth-order valence-electron chi connectivity index (χ4n) is 1.71. The molecular formula is C15H12ClFN2O3S. The third-order valence-electron chi connectivity index (χ3n) is 2.74. The minimum atomic E-state index is -4.04. The molecule has 0 saturated heterocycles. The first-order valence-corrected chi connectivity index (χ1v) is 8.33. The van der Waals surface area contributed by atoms with E-state index in [2.05, 4.69) is 4.98 Å². The molecule has 0 saturated carbocycles. The number of hydrogen-bond donors (Lipinski definition) is 1. The number of halogens is 2. The van der Waals surface area contributed by atoms with Crippen molar-refractivity contribution in [1.82, 2.24) is 9.71 Å². The van der Waals surface area contributed by atoms with Crippen LogP contribution in [0.5, 0.6) is 0 Å². The molecule has 2 aromatic rings. The van der Waals surface area contributed by atoms with Crippen LogP contribution in [0.2, 0.25) is 5.02 Å². The predicted octanol–water partition coefficient (Wildman–Crippen LogP) is 2.91. The number of nitrogens with zero attached hydrogens (tertiary/aromatic N) is 1.